The molecular formula is C12H20N2O3S. The largest absolute Gasteiger partial charge is 0.395 e. The summed E-state index contributed by atoms with van der Waals surface area (Å²) in [6, 6.07) is 6.29. The first-order chi connectivity index (χ1) is 8.43. The topological polar surface area (TPSA) is 83.6 Å². The summed E-state index contributed by atoms with van der Waals surface area (Å²) in [5.41, 5.74) is 6.35. The number of aliphatic hydroxyl groups is 1. The molecule has 0 spiro atoms. The van der Waals surface area contributed by atoms with Gasteiger partial charge in [-0.1, -0.05) is 12.1 Å². The fraction of sp³-hybridized carbons (Fsp3) is 0.500. The first-order valence-electron chi connectivity index (χ1n) is 5.85. The van der Waals surface area contributed by atoms with Crippen molar-refractivity contribution in [2.45, 2.75) is 31.3 Å². The third-order valence-corrected chi connectivity index (χ3v) is 4.75. The van der Waals surface area contributed by atoms with E-state index in [2.05, 4.69) is 0 Å². The van der Waals surface area contributed by atoms with E-state index in [9.17, 15) is 8.42 Å². The molecule has 6 heteroatoms. The Morgan fingerprint density at radius 2 is 1.83 bits per heavy atom. The van der Waals surface area contributed by atoms with Crippen molar-refractivity contribution in [3.8, 4) is 0 Å². The molecule has 0 aromatic heterocycles. The maximum Gasteiger partial charge on any atom is 0.243 e. The number of rotatable bonds is 6. The van der Waals surface area contributed by atoms with Gasteiger partial charge in [0.2, 0.25) is 10.0 Å². The molecule has 5 nitrogen and oxygen atoms in total. The molecule has 0 bridgehead atoms. The van der Waals surface area contributed by atoms with Crippen LogP contribution in [0.4, 0.5) is 0 Å². The van der Waals surface area contributed by atoms with Gasteiger partial charge in [0.15, 0.2) is 0 Å². The number of nitrogens with zero attached hydrogens (tertiary/aromatic N) is 1. The highest BCUT2D eigenvalue weighted by atomic mass is 32.2. The van der Waals surface area contributed by atoms with Gasteiger partial charge in [0.25, 0.3) is 0 Å². The van der Waals surface area contributed by atoms with Crippen molar-refractivity contribution in [1.29, 1.82) is 0 Å². The highest BCUT2D eigenvalue weighted by molar-refractivity contribution is 7.89. The van der Waals surface area contributed by atoms with Gasteiger partial charge in [0.1, 0.15) is 0 Å². The van der Waals surface area contributed by atoms with E-state index in [-0.39, 0.29) is 24.1 Å². The van der Waals surface area contributed by atoms with Crippen LogP contribution in [-0.2, 0) is 16.6 Å². The standard InChI is InChI=1S/C12H20N2O3S/c1-10(2)14(7-8-15)18(16,17)12-5-3-11(9-13)4-6-12/h3-6,10,15H,7-9,13H2,1-2H3. The zero-order valence-corrected chi connectivity index (χ0v) is 11.5. The predicted octanol–water partition coefficient (Wildman–Crippen LogP) is 0.537. The summed E-state index contributed by atoms with van der Waals surface area (Å²) in [5.74, 6) is 0. The number of aliphatic hydroxyl groups excluding tert-OH is 1. The maximum atomic E-state index is 12.3. The van der Waals surface area contributed by atoms with Crippen LogP contribution < -0.4 is 5.73 Å². The van der Waals surface area contributed by atoms with E-state index in [1.165, 1.54) is 4.31 Å². The molecule has 0 unspecified atom stereocenters. The Balaban J connectivity index is 3.09. The SMILES string of the molecule is CC(C)N(CCO)S(=O)(=O)c1ccc(CN)cc1. The predicted molar refractivity (Wildman–Crippen MR) is 70.4 cm³/mol. The van der Waals surface area contributed by atoms with Gasteiger partial charge < -0.3 is 10.8 Å². The molecule has 0 atom stereocenters. The molecule has 0 aliphatic rings. The molecule has 0 saturated heterocycles. The van der Waals surface area contributed by atoms with Crippen LogP contribution in [0, 0.1) is 0 Å². The summed E-state index contributed by atoms with van der Waals surface area (Å²) >= 11 is 0. The van der Waals surface area contributed by atoms with Crippen LogP contribution in [0.3, 0.4) is 0 Å². The molecule has 0 fully saturated rings. The second-order valence-corrected chi connectivity index (χ2v) is 6.17. The van der Waals surface area contributed by atoms with Crippen LogP contribution in [0.5, 0.6) is 0 Å². The van der Waals surface area contributed by atoms with Gasteiger partial charge in [0.05, 0.1) is 11.5 Å². The first-order valence-corrected chi connectivity index (χ1v) is 7.29. The minimum absolute atomic E-state index is 0.0959. The van der Waals surface area contributed by atoms with E-state index < -0.39 is 10.0 Å². The van der Waals surface area contributed by atoms with Crippen LogP contribution in [0.25, 0.3) is 0 Å². The number of hydrogen-bond donors (Lipinski definition) is 2. The van der Waals surface area contributed by atoms with Crippen molar-refractivity contribution in [3.05, 3.63) is 29.8 Å². The first kappa shape index (κ1) is 15.1. The van der Waals surface area contributed by atoms with E-state index >= 15 is 0 Å². The van der Waals surface area contributed by atoms with E-state index in [1.54, 1.807) is 38.1 Å². The quantitative estimate of drug-likeness (QED) is 0.791. The Hall–Kier alpha value is -0.950. The van der Waals surface area contributed by atoms with E-state index in [1.807, 2.05) is 0 Å². The Kier molecular flexibility index (Phi) is 5.28. The summed E-state index contributed by atoms with van der Waals surface area (Å²) in [7, 11) is -3.55. The fourth-order valence-corrected chi connectivity index (χ4v) is 3.32. The minimum atomic E-state index is -3.55. The van der Waals surface area contributed by atoms with Crippen LogP contribution >= 0.6 is 0 Å². The van der Waals surface area contributed by atoms with Crippen molar-refractivity contribution in [2.75, 3.05) is 13.2 Å². The lowest BCUT2D eigenvalue weighted by molar-refractivity contribution is 0.236. The van der Waals surface area contributed by atoms with Gasteiger partial charge in [-0.3, -0.25) is 0 Å². The molecule has 0 amide bonds. The normalized spacial score (nSPS) is 12.3. The van der Waals surface area contributed by atoms with Gasteiger partial charge in [-0.2, -0.15) is 4.31 Å². The smallest absolute Gasteiger partial charge is 0.243 e. The Bertz CT molecular complexity index is 469. The van der Waals surface area contributed by atoms with Crippen molar-refractivity contribution in [1.82, 2.24) is 4.31 Å². The van der Waals surface area contributed by atoms with Crippen LogP contribution in [0.1, 0.15) is 19.4 Å². The lowest BCUT2D eigenvalue weighted by Crippen LogP contribution is -2.38. The third kappa shape index (κ3) is 3.29. The number of nitrogens with two attached hydrogens (primary N) is 1. The molecule has 1 rings (SSSR count). The average Bonchev–Trinajstić information content (AvgIpc) is 2.35. The van der Waals surface area contributed by atoms with E-state index in [0.717, 1.165) is 5.56 Å². The number of hydrogen-bond acceptors (Lipinski definition) is 4. The molecule has 0 aliphatic carbocycles. The number of benzene rings is 1. The minimum Gasteiger partial charge on any atom is -0.395 e. The molecule has 1 aromatic rings. The molecule has 0 heterocycles. The van der Waals surface area contributed by atoms with Gasteiger partial charge in [-0.15, -0.1) is 0 Å². The third-order valence-electron chi connectivity index (χ3n) is 2.66. The molecule has 102 valence electrons. The molecule has 0 saturated carbocycles. The maximum absolute atomic E-state index is 12.3. The lowest BCUT2D eigenvalue weighted by Gasteiger charge is -2.25. The van der Waals surface area contributed by atoms with Crippen LogP contribution in [0.15, 0.2) is 29.2 Å². The summed E-state index contributed by atoms with van der Waals surface area (Å²) in [6.45, 7) is 3.84. The van der Waals surface area contributed by atoms with Crippen molar-refractivity contribution < 1.29 is 13.5 Å². The highest BCUT2D eigenvalue weighted by Crippen LogP contribution is 2.18. The van der Waals surface area contributed by atoms with Gasteiger partial charge in [0, 0.05) is 19.1 Å². The second-order valence-electron chi connectivity index (χ2n) is 4.28. The van der Waals surface area contributed by atoms with Crippen molar-refractivity contribution in [2.24, 2.45) is 5.73 Å². The van der Waals surface area contributed by atoms with Crippen LogP contribution in [0.2, 0.25) is 0 Å². The van der Waals surface area contributed by atoms with Crippen LogP contribution in [-0.4, -0.2) is 37.0 Å². The van der Waals surface area contributed by atoms with Crippen molar-refractivity contribution in [3.63, 3.8) is 0 Å². The Morgan fingerprint density at radius 1 is 1.28 bits per heavy atom. The zero-order valence-electron chi connectivity index (χ0n) is 10.7. The van der Waals surface area contributed by atoms with Gasteiger partial charge in [-0.25, -0.2) is 8.42 Å². The lowest BCUT2D eigenvalue weighted by atomic mass is 10.2. The van der Waals surface area contributed by atoms with Crippen molar-refractivity contribution >= 4 is 10.0 Å². The van der Waals surface area contributed by atoms with Gasteiger partial charge in [-0.05, 0) is 31.5 Å². The average molecular weight is 272 g/mol. The molecule has 3 N–H and O–H groups in total. The molecule has 0 radical (unpaired) electrons. The fourth-order valence-electron chi connectivity index (χ4n) is 1.69. The molecular weight excluding hydrogens is 252 g/mol. The highest BCUT2D eigenvalue weighted by Gasteiger charge is 2.26. The molecule has 18 heavy (non-hydrogen) atoms. The Morgan fingerprint density at radius 3 is 2.22 bits per heavy atom. The molecule has 0 aliphatic heterocycles. The monoisotopic (exact) mass is 272 g/mol. The second kappa shape index (κ2) is 6.29. The van der Waals surface area contributed by atoms with E-state index in [4.69, 9.17) is 10.8 Å². The Labute approximate surface area is 108 Å². The van der Waals surface area contributed by atoms with E-state index in [0.29, 0.717) is 6.54 Å². The summed E-state index contributed by atoms with van der Waals surface area (Å²) in [5, 5.41) is 8.96. The summed E-state index contributed by atoms with van der Waals surface area (Å²) < 4.78 is 26.0. The zero-order chi connectivity index (χ0) is 13.8. The summed E-state index contributed by atoms with van der Waals surface area (Å²) in [6.07, 6.45) is 0. The number of sulfonamides is 1. The summed E-state index contributed by atoms with van der Waals surface area (Å²) in [4.78, 5) is 0.224. The molecule has 1 aromatic carbocycles. The van der Waals surface area contributed by atoms with Gasteiger partial charge >= 0.3 is 0 Å².